The monoisotopic (exact) mass is 261 g/mol. The van der Waals surface area contributed by atoms with E-state index in [1.165, 1.54) is 6.07 Å². The summed E-state index contributed by atoms with van der Waals surface area (Å²) in [6.07, 6.45) is 2.57. The van der Waals surface area contributed by atoms with Crippen molar-refractivity contribution in [1.29, 1.82) is 0 Å². The molecule has 0 saturated heterocycles. The van der Waals surface area contributed by atoms with Crippen molar-refractivity contribution in [3.63, 3.8) is 0 Å². The largest absolute Gasteiger partial charge is 0.370 e. The summed E-state index contributed by atoms with van der Waals surface area (Å²) in [6.45, 7) is 2.33. The Labute approximate surface area is 110 Å². The molecule has 2 aromatic heterocycles. The number of hydrogen-bond donors (Lipinski definition) is 1. The van der Waals surface area contributed by atoms with Crippen LogP contribution in [0.2, 0.25) is 0 Å². The highest BCUT2D eigenvalue weighted by atomic mass is 16.6. The number of nitrogens with zero attached hydrogens (tertiary/aromatic N) is 4. The number of hydrogen-bond acceptors (Lipinski definition) is 5. The molecule has 0 spiro atoms. The Kier molecular flexibility index (Phi) is 3.74. The molecule has 0 aliphatic rings. The van der Waals surface area contributed by atoms with Crippen LogP contribution in [0, 0.1) is 17.0 Å². The summed E-state index contributed by atoms with van der Waals surface area (Å²) in [5.74, 6) is 0.644. The van der Waals surface area contributed by atoms with Crippen LogP contribution in [0.15, 0.2) is 24.4 Å². The second-order valence-corrected chi connectivity index (χ2v) is 4.18. The molecule has 7 nitrogen and oxygen atoms in total. The minimum atomic E-state index is -0.429. The van der Waals surface area contributed by atoms with Crippen LogP contribution >= 0.6 is 0 Å². The van der Waals surface area contributed by atoms with Gasteiger partial charge in [-0.1, -0.05) is 0 Å². The lowest BCUT2D eigenvalue weighted by Gasteiger charge is -2.06. The third kappa shape index (κ3) is 3.06. The van der Waals surface area contributed by atoms with Crippen LogP contribution in [0.3, 0.4) is 0 Å². The average Bonchev–Trinajstić information content (AvgIpc) is 2.75. The molecular formula is C12H15N5O2. The Hall–Kier alpha value is -2.44. The molecule has 2 aromatic rings. The quantitative estimate of drug-likeness (QED) is 0.653. The maximum absolute atomic E-state index is 10.7. The zero-order chi connectivity index (χ0) is 13.8. The van der Waals surface area contributed by atoms with Gasteiger partial charge in [0.1, 0.15) is 11.5 Å². The van der Waals surface area contributed by atoms with Crippen molar-refractivity contribution in [2.24, 2.45) is 7.05 Å². The zero-order valence-electron chi connectivity index (χ0n) is 10.8. The summed E-state index contributed by atoms with van der Waals surface area (Å²) < 4.78 is 1.82. The third-order valence-electron chi connectivity index (χ3n) is 2.86. The predicted octanol–water partition coefficient (Wildman–Crippen LogP) is 1.69. The maximum Gasteiger partial charge on any atom is 0.290 e. The lowest BCUT2D eigenvalue weighted by molar-refractivity contribution is -0.385. The SMILES string of the molecule is Cc1nc(NCCc2ccnn2C)ccc1[N+](=O)[O-]. The van der Waals surface area contributed by atoms with Gasteiger partial charge >= 0.3 is 0 Å². The molecule has 0 aliphatic heterocycles. The molecular weight excluding hydrogens is 246 g/mol. The number of pyridine rings is 1. The average molecular weight is 261 g/mol. The second kappa shape index (κ2) is 5.47. The standard InChI is InChI=1S/C12H15N5O2/c1-9-11(17(18)19)3-4-12(15-9)13-7-5-10-6-8-14-16(10)2/h3-4,6,8H,5,7H2,1-2H3,(H,13,15). The van der Waals surface area contributed by atoms with Crippen LogP contribution in [-0.2, 0) is 13.5 Å². The lowest BCUT2D eigenvalue weighted by Crippen LogP contribution is -2.09. The molecule has 100 valence electrons. The predicted molar refractivity (Wildman–Crippen MR) is 71.0 cm³/mol. The van der Waals surface area contributed by atoms with Crippen LogP contribution in [0.5, 0.6) is 0 Å². The lowest BCUT2D eigenvalue weighted by atomic mass is 10.3. The summed E-state index contributed by atoms with van der Waals surface area (Å²) in [7, 11) is 1.89. The fraction of sp³-hybridized carbons (Fsp3) is 0.333. The topological polar surface area (TPSA) is 85.9 Å². The van der Waals surface area contributed by atoms with E-state index in [9.17, 15) is 10.1 Å². The van der Waals surface area contributed by atoms with Crippen molar-refractivity contribution < 1.29 is 4.92 Å². The van der Waals surface area contributed by atoms with Crippen LogP contribution in [0.1, 0.15) is 11.4 Å². The van der Waals surface area contributed by atoms with Crippen LogP contribution < -0.4 is 5.32 Å². The van der Waals surface area contributed by atoms with E-state index < -0.39 is 4.92 Å². The summed E-state index contributed by atoms with van der Waals surface area (Å²) in [5, 5.41) is 17.9. The fourth-order valence-electron chi connectivity index (χ4n) is 1.81. The van der Waals surface area contributed by atoms with Gasteiger partial charge in [-0.3, -0.25) is 14.8 Å². The van der Waals surface area contributed by atoms with Crippen molar-refractivity contribution in [3.05, 3.63) is 45.9 Å². The molecule has 2 heterocycles. The highest BCUT2D eigenvalue weighted by Gasteiger charge is 2.11. The van der Waals surface area contributed by atoms with Gasteiger partial charge in [0, 0.05) is 38.0 Å². The van der Waals surface area contributed by atoms with E-state index in [4.69, 9.17) is 0 Å². The Morgan fingerprint density at radius 3 is 2.79 bits per heavy atom. The molecule has 1 N–H and O–H groups in total. The summed E-state index contributed by atoms with van der Waals surface area (Å²) in [6, 6.07) is 5.04. The molecule has 0 amide bonds. The first-order valence-electron chi connectivity index (χ1n) is 5.90. The fourth-order valence-corrected chi connectivity index (χ4v) is 1.81. The van der Waals surface area contributed by atoms with Gasteiger partial charge in [0.2, 0.25) is 0 Å². The zero-order valence-corrected chi connectivity index (χ0v) is 10.8. The Morgan fingerprint density at radius 1 is 1.42 bits per heavy atom. The minimum absolute atomic E-state index is 0.0391. The number of aromatic nitrogens is 3. The van der Waals surface area contributed by atoms with Gasteiger partial charge in [0.15, 0.2) is 0 Å². The third-order valence-corrected chi connectivity index (χ3v) is 2.86. The van der Waals surface area contributed by atoms with E-state index >= 15 is 0 Å². The minimum Gasteiger partial charge on any atom is -0.370 e. The molecule has 0 atom stereocenters. The molecule has 0 saturated carbocycles. The number of rotatable bonds is 5. The first-order chi connectivity index (χ1) is 9.08. The molecule has 0 aromatic carbocycles. The van der Waals surface area contributed by atoms with Crippen LogP contribution in [-0.4, -0.2) is 26.2 Å². The molecule has 0 bridgehead atoms. The van der Waals surface area contributed by atoms with E-state index in [0.717, 1.165) is 12.1 Å². The van der Waals surface area contributed by atoms with E-state index in [0.29, 0.717) is 18.1 Å². The van der Waals surface area contributed by atoms with E-state index in [-0.39, 0.29) is 5.69 Å². The molecule has 0 aliphatic carbocycles. The molecule has 2 rings (SSSR count). The number of nitro groups is 1. The molecule has 0 fully saturated rings. The molecule has 0 unspecified atom stereocenters. The first kappa shape index (κ1) is 13.0. The smallest absolute Gasteiger partial charge is 0.290 e. The second-order valence-electron chi connectivity index (χ2n) is 4.18. The number of nitrogens with one attached hydrogen (secondary N) is 1. The Morgan fingerprint density at radius 2 is 2.21 bits per heavy atom. The summed E-state index contributed by atoms with van der Waals surface area (Å²) in [4.78, 5) is 14.4. The summed E-state index contributed by atoms with van der Waals surface area (Å²) in [5.41, 5.74) is 1.57. The van der Waals surface area contributed by atoms with Crippen LogP contribution in [0.4, 0.5) is 11.5 Å². The highest BCUT2D eigenvalue weighted by Crippen LogP contribution is 2.17. The van der Waals surface area contributed by atoms with Gasteiger partial charge in [-0.2, -0.15) is 5.10 Å². The Balaban J connectivity index is 1.95. The van der Waals surface area contributed by atoms with Gasteiger partial charge in [0.25, 0.3) is 5.69 Å². The van der Waals surface area contributed by atoms with Crippen molar-refractivity contribution >= 4 is 11.5 Å². The van der Waals surface area contributed by atoms with Gasteiger partial charge in [-0.15, -0.1) is 0 Å². The van der Waals surface area contributed by atoms with Crippen molar-refractivity contribution in [1.82, 2.24) is 14.8 Å². The van der Waals surface area contributed by atoms with E-state index in [2.05, 4.69) is 15.4 Å². The number of aryl methyl sites for hydroxylation is 2. The van der Waals surface area contributed by atoms with Gasteiger partial charge in [-0.25, -0.2) is 4.98 Å². The maximum atomic E-state index is 10.7. The normalized spacial score (nSPS) is 10.4. The van der Waals surface area contributed by atoms with Crippen LogP contribution in [0.25, 0.3) is 0 Å². The summed E-state index contributed by atoms with van der Waals surface area (Å²) >= 11 is 0. The van der Waals surface area contributed by atoms with Crippen molar-refractivity contribution in [2.45, 2.75) is 13.3 Å². The Bertz CT molecular complexity index is 594. The number of anilines is 1. The first-order valence-corrected chi connectivity index (χ1v) is 5.90. The van der Waals surface area contributed by atoms with Gasteiger partial charge < -0.3 is 5.32 Å². The highest BCUT2D eigenvalue weighted by molar-refractivity contribution is 5.44. The molecule has 0 radical (unpaired) electrons. The van der Waals surface area contributed by atoms with E-state index in [1.54, 1.807) is 19.2 Å². The van der Waals surface area contributed by atoms with Crippen molar-refractivity contribution in [2.75, 3.05) is 11.9 Å². The van der Waals surface area contributed by atoms with Gasteiger partial charge in [0.05, 0.1) is 4.92 Å². The van der Waals surface area contributed by atoms with Crippen molar-refractivity contribution in [3.8, 4) is 0 Å². The van der Waals surface area contributed by atoms with Gasteiger partial charge in [-0.05, 0) is 19.1 Å². The molecule has 7 heteroatoms. The van der Waals surface area contributed by atoms with E-state index in [1.807, 2.05) is 17.8 Å². The molecule has 19 heavy (non-hydrogen) atoms.